The van der Waals surface area contributed by atoms with Gasteiger partial charge in [0.2, 0.25) is 11.8 Å². The van der Waals surface area contributed by atoms with E-state index < -0.39 is 12.6 Å². The van der Waals surface area contributed by atoms with E-state index in [0.717, 1.165) is 11.3 Å². The number of benzene rings is 1. The van der Waals surface area contributed by atoms with Crippen LogP contribution in [0.2, 0.25) is 0 Å². The Balaban J connectivity index is 2.01. The molecule has 2 aromatic rings. The molecule has 0 aliphatic heterocycles. The van der Waals surface area contributed by atoms with Crippen molar-refractivity contribution in [1.29, 1.82) is 0 Å². The summed E-state index contributed by atoms with van der Waals surface area (Å²) in [6.07, 6.45) is 1.18. The zero-order valence-electron chi connectivity index (χ0n) is 16.9. The summed E-state index contributed by atoms with van der Waals surface area (Å²) in [5.74, 6) is -1.40. The quantitative estimate of drug-likeness (QED) is 0.498. The number of hydrogen-bond acceptors (Lipinski definition) is 6. The highest BCUT2D eigenvalue weighted by Crippen LogP contribution is 2.33. The normalized spacial score (nSPS) is 10.3. The number of rotatable bonds is 8. The first-order chi connectivity index (χ1) is 13.7. The lowest BCUT2D eigenvalue weighted by Crippen LogP contribution is -2.16. The van der Waals surface area contributed by atoms with Gasteiger partial charge in [0.15, 0.2) is 12.4 Å². The van der Waals surface area contributed by atoms with Crippen molar-refractivity contribution in [2.45, 2.75) is 40.5 Å². The van der Waals surface area contributed by atoms with E-state index in [-0.39, 0.29) is 23.2 Å². The Morgan fingerprint density at radius 2 is 1.69 bits per heavy atom. The van der Waals surface area contributed by atoms with E-state index in [0.29, 0.717) is 28.2 Å². The van der Waals surface area contributed by atoms with Crippen molar-refractivity contribution in [3.63, 3.8) is 0 Å². The Morgan fingerprint density at radius 1 is 1.03 bits per heavy atom. The fraction of sp³-hybridized carbons (Fsp3) is 0.333. The number of esters is 1. The summed E-state index contributed by atoms with van der Waals surface area (Å²) in [6.45, 7) is 6.46. The first kappa shape index (κ1) is 22.3. The van der Waals surface area contributed by atoms with Gasteiger partial charge in [0.25, 0.3) is 0 Å². The van der Waals surface area contributed by atoms with E-state index in [1.54, 1.807) is 31.2 Å². The van der Waals surface area contributed by atoms with Crippen LogP contribution in [0.4, 0.5) is 10.7 Å². The molecule has 0 aliphatic carbocycles. The van der Waals surface area contributed by atoms with Crippen LogP contribution in [-0.2, 0) is 14.3 Å². The van der Waals surface area contributed by atoms with Crippen molar-refractivity contribution in [1.82, 2.24) is 0 Å². The summed E-state index contributed by atoms with van der Waals surface area (Å²) in [5.41, 5.74) is 1.95. The van der Waals surface area contributed by atoms with Crippen LogP contribution in [0.3, 0.4) is 0 Å². The molecule has 0 radical (unpaired) electrons. The number of ketones is 1. The maximum Gasteiger partial charge on any atom is 0.341 e. The molecule has 0 saturated heterocycles. The zero-order valence-corrected chi connectivity index (χ0v) is 17.7. The number of anilines is 2. The van der Waals surface area contributed by atoms with Crippen LogP contribution >= 0.6 is 11.3 Å². The number of nitrogens with one attached hydrogen (secondary N) is 2. The largest absolute Gasteiger partial charge is 0.454 e. The summed E-state index contributed by atoms with van der Waals surface area (Å²) >= 11 is 1.29. The average Bonchev–Trinajstić information content (AvgIpc) is 2.93. The molecule has 0 atom stereocenters. The second-order valence-electron chi connectivity index (χ2n) is 6.54. The Kier molecular flexibility index (Phi) is 7.67. The van der Waals surface area contributed by atoms with Gasteiger partial charge in [-0.25, -0.2) is 4.79 Å². The highest BCUT2D eigenvalue weighted by molar-refractivity contribution is 7.16. The highest BCUT2D eigenvalue weighted by Gasteiger charge is 2.22. The molecule has 1 heterocycles. The number of carbonyl (C=O) groups excluding carboxylic acids is 4. The first-order valence-corrected chi connectivity index (χ1v) is 10.0. The van der Waals surface area contributed by atoms with Crippen LogP contribution in [0.1, 0.15) is 57.8 Å². The molecule has 0 aliphatic rings. The third-order valence-electron chi connectivity index (χ3n) is 4.18. The minimum atomic E-state index is -0.660. The van der Waals surface area contributed by atoms with Gasteiger partial charge in [0.1, 0.15) is 5.00 Å². The molecule has 0 saturated carbocycles. The van der Waals surface area contributed by atoms with Crippen LogP contribution in [0.15, 0.2) is 24.3 Å². The molecule has 1 aromatic heterocycles. The third-order valence-corrected chi connectivity index (χ3v) is 5.30. The van der Waals surface area contributed by atoms with Gasteiger partial charge in [-0.15, -0.1) is 11.3 Å². The van der Waals surface area contributed by atoms with Crippen molar-refractivity contribution in [3.05, 3.63) is 45.8 Å². The second kappa shape index (κ2) is 9.97. The number of carbonyl (C=O) groups is 4. The number of amides is 2. The van der Waals surface area contributed by atoms with Crippen molar-refractivity contribution in [3.8, 4) is 0 Å². The Bertz CT molecular complexity index is 931. The lowest BCUT2D eigenvalue weighted by molar-refractivity contribution is -0.116. The van der Waals surface area contributed by atoms with Crippen molar-refractivity contribution < 1.29 is 23.9 Å². The molecule has 7 nitrogen and oxygen atoms in total. The third kappa shape index (κ3) is 5.99. The highest BCUT2D eigenvalue weighted by atomic mass is 32.1. The minimum absolute atomic E-state index is 0.0862. The predicted molar refractivity (Wildman–Crippen MR) is 113 cm³/mol. The molecule has 0 bridgehead atoms. The molecular formula is C21H24N2O5S. The van der Waals surface area contributed by atoms with E-state index in [9.17, 15) is 19.2 Å². The van der Waals surface area contributed by atoms with Gasteiger partial charge in [0, 0.05) is 29.5 Å². The van der Waals surface area contributed by atoms with E-state index in [4.69, 9.17) is 4.74 Å². The van der Waals surface area contributed by atoms with Gasteiger partial charge in [-0.1, -0.05) is 6.92 Å². The SMILES string of the molecule is CCCC(=O)Nc1ccc(C(=O)COC(=O)c2c(NC(C)=O)sc(C)c2C)cc1. The van der Waals surface area contributed by atoms with Crippen LogP contribution in [-0.4, -0.2) is 30.2 Å². The topological polar surface area (TPSA) is 102 Å². The lowest BCUT2D eigenvalue weighted by atomic mass is 10.1. The van der Waals surface area contributed by atoms with Crippen LogP contribution < -0.4 is 10.6 Å². The lowest BCUT2D eigenvalue weighted by Gasteiger charge is -2.08. The maximum atomic E-state index is 12.5. The summed E-state index contributed by atoms with van der Waals surface area (Å²) in [7, 11) is 0. The molecule has 8 heteroatoms. The fourth-order valence-corrected chi connectivity index (χ4v) is 3.69. The fourth-order valence-electron chi connectivity index (χ4n) is 2.60. The number of thiophene rings is 1. The molecule has 2 N–H and O–H groups in total. The molecule has 2 amide bonds. The van der Waals surface area contributed by atoms with Crippen molar-refractivity contribution in [2.24, 2.45) is 0 Å². The van der Waals surface area contributed by atoms with Crippen molar-refractivity contribution in [2.75, 3.05) is 17.2 Å². The molecule has 0 unspecified atom stereocenters. The smallest absolute Gasteiger partial charge is 0.341 e. The van der Waals surface area contributed by atoms with E-state index in [1.165, 1.54) is 18.3 Å². The molecular weight excluding hydrogens is 392 g/mol. The molecule has 29 heavy (non-hydrogen) atoms. The van der Waals surface area contributed by atoms with Crippen molar-refractivity contribution >= 4 is 45.6 Å². The summed E-state index contributed by atoms with van der Waals surface area (Å²) in [5, 5.41) is 5.78. The molecule has 0 fully saturated rings. The number of hydrogen-bond donors (Lipinski definition) is 2. The van der Waals surface area contributed by atoms with Gasteiger partial charge in [-0.3, -0.25) is 14.4 Å². The second-order valence-corrected chi connectivity index (χ2v) is 7.77. The maximum absolute atomic E-state index is 12.5. The van der Waals surface area contributed by atoms with Crippen LogP contribution in [0.25, 0.3) is 0 Å². The summed E-state index contributed by atoms with van der Waals surface area (Å²) < 4.78 is 5.18. The number of Topliss-reactive ketones (excluding diaryl/α,β-unsaturated/α-hetero) is 1. The monoisotopic (exact) mass is 416 g/mol. The van der Waals surface area contributed by atoms with Gasteiger partial charge in [-0.05, 0) is 50.1 Å². The predicted octanol–water partition coefficient (Wildman–Crippen LogP) is 4.10. The van der Waals surface area contributed by atoms with Gasteiger partial charge in [0.05, 0.1) is 5.56 Å². The number of aryl methyl sites for hydroxylation is 1. The Hall–Kier alpha value is -3.00. The summed E-state index contributed by atoms with van der Waals surface area (Å²) in [6, 6.07) is 6.40. The molecule has 2 rings (SSSR count). The molecule has 1 aromatic carbocycles. The molecule has 154 valence electrons. The number of ether oxygens (including phenoxy) is 1. The summed E-state index contributed by atoms with van der Waals surface area (Å²) in [4.78, 5) is 48.7. The van der Waals surface area contributed by atoms with Gasteiger partial charge in [-0.2, -0.15) is 0 Å². The Labute approximate surface area is 173 Å². The van der Waals surface area contributed by atoms with Crippen LogP contribution in [0.5, 0.6) is 0 Å². The minimum Gasteiger partial charge on any atom is -0.454 e. The average molecular weight is 416 g/mol. The standard InChI is InChI=1S/C21H24N2O5S/c1-5-6-18(26)23-16-9-7-15(8-10-16)17(25)11-28-21(27)19-12(2)13(3)29-20(19)22-14(4)24/h7-10H,5-6,11H2,1-4H3,(H,22,24)(H,23,26). The first-order valence-electron chi connectivity index (χ1n) is 9.20. The zero-order chi connectivity index (χ0) is 21.6. The van der Waals surface area contributed by atoms with Gasteiger partial charge < -0.3 is 15.4 Å². The van der Waals surface area contributed by atoms with Crippen LogP contribution in [0, 0.1) is 13.8 Å². The van der Waals surface area contributed by atoms with E-state index in [2.05, 4.69) is 10.6 Å². The molecule has 0 spiro atoms. The Morgan fingerprint density at radius 3 is 2.28 bits per heavy atom. The van der Waals surface area contributed by atoms with E-state index in [1.807, 2.05) is 13.8 Å². The van der Waals surface area contributed by atoms with E-state index >= 15 is 0 Å². The van der Waals surface area contributed by atoms with Gasteiger partial charge >= 0.3 is 5.97 Å².